The summed E-state index contributed by atoms with van der Waals surface area (Å²) in [6, 6.07) is 0. The van der Waals surface area contributed by atoms with E-state index < -0.39 is 0 Å². The van der Waals surface area contributed by atoms with E-state index in [9.17, 15) is 4.79 Å². The average molecular weight is 214 g/mol. The molecule has 1 unspecified atom stereocenters. The normalized spacial score (nSPS) is 21.3. The van der Waals surface area contributed by atoms with E-state index in [4.69, 9.17) is 10.5 Å². The Morgan fingerprint density at radius 2 is 2.13 bits per heavy atom. The number of nitrogens with two attached hydrogens (primary N) is 1. The lowest BCUT2D eigenvalue weighted by Gasteiger charge is -2.26. The van der Waals surface area contributed by atoms with E-state index in [0.29, 0.717) is 13.1 Å². The third kappa shape index (κ3) is 2.92. The van der Waals surface area contributed by atoms with Gasteiger partial charge in [-0.15, -0.1) is 0 Å². The molecule has 1 saturated carbocycles. The van der Waals surface area contributed by atoms with Crippen LogP contribution in [0.15, 0.2) is 0 Å². The molecule has 3 N–H and O–H groups in total. The molecule has 88 valence electrons. The molecule has 0 aromatic carbocycles. The molecule has 1 atom stereocenters. The first-order valence-corrected chi connectivity index (χ1v) is 5.66. The Hall–Kier alpha value is -0.610. The van der Waals surface area contributed by atoms with Gasteiger partial charge < -0.3 is 15.8 Å². The van der Waals surface area contributed by atoms with Crippen molar-refractivity contribution in [3.05, 3.63) is 0 Å². The first-order chi connectivity index (χ1) is 7.14. The number of hydrogen-bond acceptors (Lipinski definition) is 3. The van der Waals surface area contributed by atoms with Crippen molar-refractivity contribution >= 4 is 5.91 Å². The number of amides is 1. The number of rotatable bonds is 5. The summed E-state index contributed by atoms with van der Waals surface area (Å²) in [5.41, 5.74) is 5.42. The Bertz CT molecular complexity index is 213. The summed E-state index contributed by atoms with van der Waals surface area (Å²) in [4.78, 5) is 12.0. The second-order valence-electron chi connectivity index (χ2n) is 4.45. The minimum absolute atomic E-state index is 0.0603. The average Bonchev–Trinajstić information content (AvgIpc) is 2.75. The minimum Gasteiger partial charge on any atom is -0.380 e. The number of carbonyl (C=O) groups is 1. The van der Waals surface area contributed by atoms with Gasteiger partial charge in [-0.05, 0) is 19.8 Å². The molecule has 1 fully saturated rings. The van der Waals surface area contributed by atoms with Crippen LogP contribution in [0.4, 0.5) is 0 Å². The topological polar surface area (TPSA) is 64.3 Å². The fourth-order valence-corrected chi connectivity index (χ4v) is 2.08. The highest BCUT2D eigenvalue weighted by atomic mass is 16.5. The third-order valence-corrected chi connectivity index (χ3v) is 3.39. The van der Waals surface area contributed by atoms with Gasteiger partial charge >= 0.3 is 0 Å². The third-order valence-electron chi connectivity index (χ3n) is 3.39. The predicted molar refractivity (Wildman–Crippen MR) is 59.4 cm³/mol. The molecule has 0 bridgehead atoms. The summed E-state index contributed by atoms with van der Waals surface area (Å²) in [6.45, 7) is 2.96. The van der Waals surface area contributed by atoms with Gasteiger partial charge in [0.25, 0.3) is 0 Å². The Labute approximate surface area is 91.5 Å². The molecule has 0 aromatic heterocycles. The highest BCUT2D eigenvalue weighted by molar-refractivity contribution is 5.83. The number of ether oxygens (including phenoxy) is 1. The fourth-order valence-electron chi connectivity index (χ4n) is 2.08. The summed E-state index contributed by atoms with van der Waals surface area (Å²) in [5, 5.41) is 2.92. The van der Waals surface area contributed by atoms with Crippen LogP contribution in [0.25, 0.3) is 0 Å². The van der Waals surface area contributed by atoms with Gasteiger partial charge in [-0.2, -0.15) is 0 Å². The van der Waals surface area contributed by atoms with E-state index in [-0.39, 0.29) is 17.4 Å². The maximum atomic E-state index is 12.0. The smallest absolute Gasteiger partial charge is 0.227 e. The summed E-state index contributed by atoms with van der Waals surface area (Å²) < 4.78 is 5.08. The second-order valence-corrected chi connectivity index (χ2v) is 4.45. The maximum absolute atomic E-state index is 12.0. The number of nitrogens with one attached hydrogen (secondary N) is 1. The summed E-state index contributed by atoms with van der Waals surface area (Å²) in [6.07, 6.45) is 4.15. The molecule has 0 spiro atoms. The van der Waals surface area contributed by atoms with Crippen molar-refractivity contribution in [2.45, 2.75) is 38.7 Å². The first-order valence-electron chi connectivity index (χ1n) is 5.66. The Balaban J connectivity index is 2.44. The molecule has 1 aliphatic carbocycles. The fraction of sp³-hybridized carbons (Fsp3) is 0.909. The largest absolute Gasteiger partial charge is 0.380 e. The molecular weight excluding hydrogens is 192 g/mol. The van der Waals surface area contributed by atoms with Gasteiger partial charge in [0.2, 0.25) is 5.91 Å². The predicted octanol–water partition coefficient (Wildman–Crippen LogP) is 0.657. The maximum Gasteiger partial charge on any atom is 0.227 e. The van der Waals surface area contributed by atoms with Crippen molar-refractivity contribution < 1.29 is 9.53 Å². The van der Waals surface area contributed by atoms with Crippen LogP contribution in [0, 0.1) is 5.41 Å². The van der Waals surface area contributed by atoms with Crippen LogP contribution in [-0.2, 0) is 9.53 Å². The van der Waals surface area contributed by atoms with Crippen LogP contribution in [0.2, 0.25) is 0 Å². The molecule has 1 amide bonds. The molecule has 0 radical (unpaired) electrons. The van der Waals surface area contributed by atoms with Gasteiger partial charge in [0, 0.05) is 20.2 Å². The molecule has 15 heavy (non-hydrogen) atoms. The van der Waals surface area contributed by atoms with E-state index in [1.807, 2.05) is 6.92 Å². The van der Waals surface area contributed by atoms with Crippen molar-refractivity contribution in [2.24, 2.45) is 11.1 Å². The summed E-state index contributed by atoms with van der Waals surface area (Å²) in [7, 11) is 1.64. The molecule has 0 saturated heterocycles. The van der Waals surface area contributed by atoms with Gasteiger partial charge in [-0.25, -0.2) is 0 Å². The van der Waals surface area contributed by atoms with Crippen LogP contribution >= 0.6 is 0 Å². The van der Waals surface area contributed by atoms with Gasteiger partial charge in [0.1, 0.15) is 0 Å². The molecule has 0 aromatic rings. The first kappa shape index (κ1) is 12.5. The lowest BCUT2D eigenvalue weighted by molar-refractivity contribution is -0.130. The van der Waals surface area contributed by atoms with Crippen LogP contribution < -0.4 is 11.1 Å². The highest BCUT2D eigenvalue weighted by Crippen LogP contribution is 2.37. The number of hydrogen-bond donors (Lipinski definition) is 2. The monoisotopic (exact) mass is 214 g/mol. The van der Waals surface area contributed by atoms with Gasteiger partial charge in [0.05, 0.1) is 11.5 Å². The zero-order valence-corrected chi connectivity index (χ0v) is 9.71. The highest BCUT2D eigenvalue weighted by Gasteiger charge is 2.39. The standard InChI is InChI=1S/C11H22N2O2/c1-9(15-2)7-13-10(14)11(8-12)5-3-4-6-11/h9H,3-8,12H2,1-2H3,(H,13,14). The van der Waals surface area contributed by atoms with E-state index in [1.165, 1.54) is 0 Å². The molecular formula is C11H22N2O2. The van der Waals surface area contributed by atoms with Crippen molar-refractivity contribution in [3.8, 4) is 0 Å². The van der Waals surface area contributed by atoms with E-state index in [2.05, 4.69) is 5.32 Å². The van der Waals surface area contributed by atoms with Crippen molar-refractivity contribution in [1.82, 2.24) is 5.32 Å². The Morgan fingerprint density at radius 3 is 2.60 bits per heavy atom. The van der Waals surface area contributed by atoms with Crippen molar-refractivity contribution in [2.75, 3.05) is 20.2 Å². The molecule has 4 nitrogen and oxygen atoms in total. The van der Waals surface area contributed by atoms with Gasteiger partial charge in [-0.1, -0.05) is 12.8 Å². The van der Waals surface area contributed by atoms with E-state index in [0.717, 1.165) is 25.7 Å². The summed E-state index contributed by atoms with van der Waals surface area (Å²) >= 11 is 0. The quantitative estimate of drug-likeness (QED) is 0.706. The number of carbonyl (C=O) groups excluding carboxylic acids is 1. The Kier molecular flexibility index (Phi) is 4.54. The molecule has 1 rings (SSSR count). The summed E-state index contributed by atoms with van der Waals surface area (Å²) in [5.74, 6) is 0.103. The van der Waals surface area contributed by atoms with Crippen LogP contribution in [0.1, 0.15) is 32.6 Å². The lowest BCUT2D eigenvalue weighted by Crippen LogP contribution is -2.46. The zero-order chi connectivity index (χ0) is 11.3. The molecule has 4 heteroatoms. The lowest BCUT2D eigenvalue weighted by atomic mass is 9.85. The second kappa shape index (κ2) is 5.47. The minimum atomic E-state index is -0.298. The van der Waals surface area contributed by atoms with Gasteiger partial charge in [0.15, 0.2) is 0 Å². The van der Waals surface area contributed by atoms with Crippen LogP contribution in [0.5, 0.6) is 0 Å². The Morgan fingerprint density at radius 1 is 1.53 bits per heavy atom. The molecule has 0 heterocycles. The molecule has 0 aliphatic heterocycles. The van der Waals surface area contributed by atoms with Crippen molar-refractivity contribution in [3.63, 3.8) is 0 Å². The number of methoxy groups -OCH3 is 1. The van der Waals surface area contributed by atoms with E-state index in [1.54, 1.807) is 7.11 Å². The molecule has 1 aliphatic rings. The van der Waals surface area contributed by atoms with Crippen LogP contribution in [0.3, 0.4) is 0 Å². The SMILES string of the molecule is COC(C)CNC(=O)C1(CN)CCCC1. The van der Waals surface area contributed by atoms with Crippen molar-refractivity contribution in [1.29, 1.82) is 0 Å². The van der Waals surface area contributed by atoms with Crippen LogP contribution in [-0.4, -0.2) is 32.2 Å². The zero-order valence-electron chi connectivity index (χ0n) is 9.71. The van der Waals surface area contributed by atoms with E-state index >= 15 is 0 Å². The van der Waals surface area contributed by atoms with Gasteiger partial charge in [-0.3, -0.25) is 4.79 Å².